The molecule has 0 aliphatic rings. The SMILES string of the molecule is CCOc1ccc(NC(=O)CCCN(c2cc(C)cc(C)c2)S(C)(=O)=O)cc1. The van der Waals surface area contributed by atoms with Gasteiger partial charge in [0.25, 0.3) is 0 Å². The molecule has 0 fully saturated rings. The maximum atomic E-state index is 12.2. The first-order valence-corrected chi connectivity index (χ1v) is 11.1. The summed E-state index contributed by atoms with van der Waals surface area (Å²) in [6, 6.07) is 12.8. The van der Waals surface area contributed by atoms with Crippen molar-refractivity contribution in [2.75, 3.05) is 29.0 Å². The summed E-state index contributed by atoms with van der Waals surface area (Å²) in [5, 5.41) is 2.82. The monoisotopic (exact) mass is 404 g/mol. The van der Waals surface area contributed by atoms with Crippen molar-refractivity contribution in [3.8, 4) is 5.75 Å². The molecule has 0 aromatic heterocycles. The van der Waals surface area contributed by atoms with Gasteiger partial charge in [-0.1, -0.05) is 6.07 Å². The largest absolute Gasteiger partial charge is 0.494 e. The van der Waals surface area contributed by atoms with Crippen LogP contribution in [0.2, 0.25) is 0 Å². The number of aryl methyl sites for hydroxylation is 2. The number of hydrogen-bond acceptors (Lipinski definition) is 4. The van der Waals surface area contributed by atoms with Gasteiger partial charge >= 0.3 is 0 Å². The highest BCUT2D eigenvalue weighted by molar-refractivity contribution is 7.92. The summed E-state index contributed by atoms with van der Waals surface area (Å²) in [5.74, 6) is 0.593. The smallest absolute Gasteiger partial charge is 0.232 e. The van der Waals surface area contributed by atoms with E-state index in [1.807, 2.05) is 39.0 Å². The fourth-order valence-electron chi connectivity index (χ4n) is 2.99. The lowest BCUT2D eigenvalue weighted by Crippen LogP contribution is -2.31. The highest BCUT2D eigenvalue weighted by atomic mass is 32.2. The van der Waals surface area contributed by atoms with Crippen LogP contribution in [0.15, 0.2) is 42.5 Å². The van der Waals surface area contributed by atoms with E-state index in [4.69, 9.17) is 4.74 Å². The van der Waals surface area contributed by atoms with Crippen molar-refractivity contribution in [1.29, 1.82) is 0 Å². The number of carbonyl (C=O) groups excluding carboxylic acids is 1. The molecule has 0 aliphatic carbocycles. The molecule has 6 nitrogen and oxygen atoms in total. The second-order valence-corrected chi connectivity index (χ2v) is 8.70. The molecule has 0 aliphatic heterocycles. The van der Waals surface area contributed by atoms with Crippen molar-refractivity contribution >= 4 is 27.3 Å². The minimum Gasteiger partial charge on any atom is -0.494 e. The molecule has 0 saturated carbocycles. The molecular weight excluding hydrogens is 376 g/mol. The summed E-state index contributed by atoms with van der Waals surface area (Å²) in [4.78, 5) is 12.2. The molecule has 152 valence electrons. The number of nitrogens with zero attached hydrogens (tertiary/aromatic N) is 1. The molecule has 0 spiro atoms. The van der Waals surface area contributed by atoms with Crippen LogP contribution in [0.4, 0.5) is 11.4 Å². The second kappa shape index (κ2) is 9.59. The molecule has 1 N–H and O–H groups in total. The fraction of sp³-hybridized carbons (Fsp3) is 0.381. The first kappa shape index (κ1) is 21.8. The zero-order valence-electron chi connectivity index (χ0n) is 16.9. The Kier molecular flexibility index (Phi) is 7.45. The zero-order valence-corrected chi connectivity index (χ0v) is 17.7. The quantitative estimate of drug-likeness (QED) is 0.688. The Balaban J connectivity index is 1.95. The van der Waals surface area contributed by atoms with E-state index >= 15 is 0 Å². The number of amides is 1. The molecule has 0 saturated heterocycles. The Labute approximate surface area is 167 Å². The van der Waals surface area contributed by atoms with E-state index in [2.05, 4.69) is 5.32 Å². The summed E-state index contributed by atoms with van der Waals surface area (Å²) in [6.45, 7) is 6.61. The van der Waals surface area contributed by atoms with Crippen LogP contribution in [0.5, 0.6) is 5.75 Å². The van der Waals surface area contributed by atoms with Crippen molar-refractivity contribution in [3.63, 3.8) is 0 Å². The average Bonchev–Trinajstić information content (AvgIpc) is 2.58. The fourth-order valence-corrected chi connectivity index (χ4v) is 3.94. The Morgan fingerprint density at radius 3 is 2.21 bits per heavy atom. The summed E-state index contributed by atoms with van der Waals surface area (Å²) in [6.07, 6.45) is 1.83. The van der Waals surface area contributed by atoms with E-state index in [9.17, 15) is 13.2 Å². The Hall–Kier alpha value is -2.54. The number of carbonyl (C=O) groups is 1. The molecule has 0 atom stereocenters. The Morgan fingerprint density at radius 1 is 1.07 bits per heavy atom. The van der Waals surface area contributed by atoms with Gasteiger partial charge in [-0.3, -0.25) is 9.10 Å². The lowest BCUT2D eigenvalue weighted by Gasteiger charge is -2.23. The second-order valence-electron chi connectivity index (χ2n) is 6.79. The normalized spacial score (nSPS) is 11.1. The minimum absolute atomic E-state index is 0.155. The van der Waals surface area contributed by atoms with E-state index in [1.165, 1.54) is 10.6 Å². The molecule has 0 radical (unpaired) electrons. The summed E-state index contributed by atoms with van der Waals surface area (Å²) in [5.41, 5.74) is 3.31. The molecule has 0 heterocycles. The van der Waals surface area contributed by atoms with Gasteiger partial charge in [-0.2, -0.15) is 0 Å². The van der Waals surface area contributed by atoms with Crippen LogP contribution in [-0.2, 0) is 14.8 Å². The van der Waals surface area contributed by atoms with E-state index < -0.39 is 10.0 Å². The first-order chi connectivity index (χ1) is 13.2. The van der Waals surface area contributed by atoms with Crippen molar-refractivity contribution in [3.05, 3.63) is 53.6 Å². The molecule has 0 unspecified atom stereocenters. The van der Waals surface area contributed by atoms with E-state index in [1.54, 1.807) is 24.3 Å². The first-order valence-electron chi connectivity index (χ1n) is 9.27. The zero-order chi connectivity index (χ0) is 20.7. The standard InChI is InChI=1S/C21H28N2O4S/c1-5-27-20-10-8-18(9-11-20)22-21(24)7-6-12-23(28(4,25)26)19-14-16(2)13-17(3)15-19/h8-11,13-15H,5-7,12H2,1-4H3,(H,22,24). The van der Waals surface area contributed by atoms with Crippen molar-refractivity contribution in [2.45, 2.75) is 33.6 Å². The van der Waals surface area contributed by atoms with E-state index in [0.717, 1.165) is 16.9 Å². The number of benzene rings is 2. The number of nitrogens with one attached hydrogen (secondary N) is 1. The Bertz CT molecular complexity index is 888. The molecule has 2 aromatic rings. The van der Waals surface area contributed by atoms with Crippen LogP contribution in [0, 0.1) is 13.8 Å². The number of anilines is 2. The van der Waals surface area contributed by atoms with Gasteiger partial charge in [-0.05, 0) is 74.7 Å². The van der Waals surface area contributed by atoms with E-state index in [0.29, 0.717) is 24.4 Å². The molecule has 2 rings (SSSR count). The van der Waals surface area contributed by atoms with Gasteiger partial charge in [0.2, 0.25) is 15.9 Å². The van der Waals surface area contributed by atoms with Gasteiger partial charge in [0.05, 0.1) is 18.6 Å². The third-order valence-electron chi connectivity index (χ3n) is 4.11. The predicted octanol–water partition coefficient (Wildman–Crippen LogP) is 3.89. The maximum absolute atomic E-state index is 12.2. The summed E-state index contributed by atoms with van der Waals surface area (Å²) in [7, 11) is -3.43. The lowest BCUT2D eigenvalue weighted by molar-refractivity contribution is -0.116. The van der Waals surface area contributed by atoms with Crippen LogP contribution in [0.3, 0.4) is 0 Å². The van der Waals surface area contributed by atoms with Crippen LogP contribution in [0.25, 0.3) is 0 Å². The third-order valence-corrected chi connectivity index (χ3v) is 5.30. The van der Waals surface area contributed by atoms with Gasteiger partial charge in [0.1, 0.15) is 5.75 Å². The van der Waals surface area contributed by atoms with Crippen molar-refractivity contribution < 1.29 is 17.9 Å². The summed E-state index contributed by atoms with van der Waals surface area (Å²) >= 11 is 0. The van der Waals surface area contributed by atoms with Crippen LogP contribution < -0.4 is 14.4 Å². The predicted molar refractivity (Wildman–Crippen MR) is 114 cm³/mol. The number of sulfonamides is 1. The van der Waals surface area contributed by atoms with Crippen LogP contribution >= 0.6 is 0 Å². The molecule has 2 aromatic carbocycles. The molecular formula is C21H28N2O4S. The van der Waals surface area contributed by atoms with Gasteiger partial charge in [0.15, 0.2) is 0 Å². The average molecular weight is 405 g/mol. The lowest BCUT2D eigenvalue weighted by atomic mass is 10.1. The summed E-state index contributed by atoms with van der Waals surface area (Å²) < 4.78 is 31.2. The number of hydrogen-bond donors (Lipinski definition) is 1. The number of rotatable bonds is 9. The highest BCUT2D eigenvalue weighted by Crippen LogP contribution is 2.22. The molecule has 0 bridgehead atoms. The van der Waals surface area contributed by atoms with Gasteiger partial charge in [-0.25, -0.2) is 8.42 Å². The maximum Gasteiger partial charge on any atom is 0.232 e. The highest BCUT2D eigenvalue weighted by Gasteiger charge is 2.18. The topological polar surface area (TPSA) is 75.7 Å². The van der Waals surface area contributed by atoms with Crippen molar-refractivity contribution in [1.82, 2.24) is 0 Å². The minimum atomic E-state index is -3.43. The van der Waals surface area contributed by atoms with Gasteiger partial charge in [-0.15, -0.1) is 0 Å². The molecule has 7 heteroatoms. The molecule has 28 heavy (non-hydrogen) atoms. The number of ether oxygens (including phenoxy) is 1. The van der Waals surface area contributed by atoms with Gasteiger partial charge < -0.3 is 10.1 Å². The van der Waals surface area contributed by atoms with Crippen molar-refractivity contribution in [2.24, 2.45) is 0 Å². The third kappa shape index (κ3) is 6.56. The van der Waals surface area contributed by atoms with Gasteiger partial charge in [0, 0.05) is 18.7 Å². The molecule has 1 amide bonds. The van der Waals surface area contributed by atoms with Crippen LogP contribution in [0.1, 0.15) is 30.9 Å². The Morgan fingerprint density at radius 2 is 1.68 bits per heavy atom. The van der Waals surface area contributed by atoms with Crippen LogP contribution in [-0.4, -0.2) is 33.7 Å². The van der Waals surface area contributed by atoms with E-state index in [-0.39, 0.29) is 18.9 Å².